The van der Waals surface area contributed by atoms with Gasteiger partial charge in [-0.15, -0.1) is 0 Å². The number of hydrogen-bond acceptors (Lipinski definition) is 6. The molecule has 0 aliphatic rings. The van der Waals surface area contributed by atoms with Gasteiger partial charge in [0.2, 0.25) is 0 Å². The number of carbonyl (C=O) groups excluding carboxylic acids is 3. The third-order valence-electron chi connectivity index (χ3n) is 13.2. The van der Waals surface area contributed by atoms with E-state index in [0.717, 1.165) is 96.3 Å². The Labute approximate surface area is 416 Å². The zero-order valence-corrected chi connectivity index (χ0v) is 44.9. The van der Waals surface area contributed by atoms with Crippen molar-refractivity contribution in [1.82, 2.24) is 0 Å². The van der Waals surface area contributed by atoms with Gasteiger partial charge in [-0.1, -0.05) is 282 Å². The predicted octanol–water partition coefficient (Wildman–Crippen LogP) is 19.7. The Kier molecular flexibility index (Phi) is 54.2. The molecule has 0 aromatic carbocycles. The van der Waals surface area contributed by atoms with Crippen LogP contribution in [0.2, 0.25) is 0 Å². The Morgan fingerprint density at radius 2 is 0.582 bits per heavy atom. The standard InChI is InChI=1S/C61H112O6/c1-4-7-10-13-16-19-22-24-26-27-28-29-30-31-32-33-35-36-39-42-45-48-51-54-60(63)66-57-58(56-65-59(62)53-50-47-44-41-38-21-18-15-12-9-6-3)67-61(64)55-52-49-46-43-40-37-34-25-23-20-17-14-11-8-5-2/h8,11,17,20,25,34,58H,4-7,9-10,12-16,18-19,21-24,26-33,35-57H2,1-3H3/b11-8-,20-17-,34-25-. The zero-order chi connectivity index (χ0) is 48.6. The molecule has 0 saturated carbocycles. The van der Waals surface area contributed by atoms with Crippen LogP contribution in [0.15, 0.2) is 36.5 Å². The maximum atomic E-state index is 12.8. The smallest absolute Gasteiger partial charge is 0.306 e. The number of unbranched alkanes of at least 4 members (excludes halogenated alkanes) is 37. The molecule has 1 unspecified atom stereocenters. The highest BCUT2D eigenvalue weighted by Gasteiger charge is 2.19. The number of allylic oxidation sites excluding steroid dienone is 6. The molecule has 0 heterocycles. The van der Waals surface area contributed by atoms with E-state index in [1.807, 2.05) is 0 Å². The number of esters is 3. The van der Waals surface area contributed by atoms with Crippen LogP contribution in [-0.4, -0.2) is 37.2 Å². The number of hydrogen-bond donors (Lipinski definition) is 0. The lowest BCUT2D eigenvalue weighted by atomic mass is 10.0. The Balaban J connectivity index is 4.23. The summed E-state index contributed by atoms with van der Waals surface area (Å²) in [5.41, 5.74) is 0. The number of rotatable bonds is 54. The molecule has 1 atom stereocenters. The summed E-state index contributed by atoms with van der Waals surface area (Å²) < 4.78 is 16.8. The third kappa shape index (κ3) is 54.4. The van der Waals surface area contributed by atoms with Gasteiger partial charge in [0.1, 0.15) is 13.2 Å². The lowest BCUT2D eigenvalue weighted by Gasteiger charge is -2.18. The van der Waals surface area contributed by atoms with Crippen LogP contribution in [0.4, 0.5) is 0 Å². The van der Waals surface area contributed by atoms with E-state index in [-0.39, 0.29) is 31.1 Å². The van der Waals surface area contributed by atoms with E-state index in [1.165, 1.54) is 180 Å². The van der Waals surface area contributed by atoms with Crippen molar-refractivity contribution in [2.45, 2.75) is 322 Å². The van der Waals surface area contributed by atoms with Crippen LogP contribution in [0.1, 0.15) is 316 Å². The molecular formula is C61H112O6. The lowest BCUT2D eigenvalue weighted by molar-refractivity contribution is -0.167. The molecule has 0 saturated heterocycles. The van der Waals surface area contributed by atoms with E-state index in [9.17, 15) is 14.4 Å². The molecule has 0 spiro atoms. The summed E-state index contributed by atoms with van der Waals surface area (Å²) in [6.45, 7) is 6.55. The summed E-state index contributed by atoms with van der Waals surface area (Å²) in [6, 6.07) is 0. The maximum Gasteiger partial charge on any atom is 0.306 e. The van der Waals surface area contributed by atoms with E-state index in [2.05, 4.69) is 57.2 Å². The quantitative estimate of drug-likeness (QED) is 0.0262. The first-order valence-corrected chi connectivity index (χ1v) is 29.5. The van der Waals surface area contributed by atoms with Crippen molar-refractivity contribution in [2.24, 2.45) is 0 Å². The summed E-state index contributed by atoms with van der Waals surface area (Å²) in [5, 5.41) is 0. The van der Waals surface area contributed by atoms with Crippen LogP contribution in [0.3, 0.4) is 0 Å². The minimum atomic E-state index is -0.776. The fourth-order valence-electron chi connectivity index (χ4n) is 8.75. The van der Waals surface area contributed by atoms with Crippen LogP contribution < -0.4 is 0 Å². The highest BCUT2D eigenvalue weighted by Crippen LogP contribution is 2.17. The van der Waals surface area contributed by atoms with Gasteiger partial charge in [-0.2, -0.15) is 0 Å². The first kappa shape index (κ1) is 64.6. The molecule has 6 heteroatoms. The van der Waals surface area contributed by atoms with Crippen LogP contribution in [0.25, 0.3) is 0 Å². The van der Waals surface area contributed by atoms with Crippen LogP contribution in [0.5, 0.6) is 0 Å². The molecule has 6 nitrogen and oxygen atoms in total. The van der Waals surface area contributed by atoms with Crippen LogP contribution in [0, 0.1) is 0 Å². The minimum Gasteiger partial charge on any atom is -0.462 e. The minimum absolute atomic E-state index is 0.0745. The van der Waals surface area contributed by atoms with Gasteiger partial charge in [-0.25, -0.2) is 0 Å². The molecule has 0 amide bonds. The van der Waals surface area contributed by atoms with Gasteiger partial charge in [-0.3, -0.25) is 14.4 Å². The van der Waals surface area contributed by atoms with Gasteiger partial charge in [-0.05, 0) is 51.4 Å². The fraction of sp³-hybridized carbons (Fsp3) is 0.852. The Hall–Kier alpha value is -2.37. The molecule has 0 N–H and O–H groups in total. The molecule has 392 valence electrons. The molecule has 0 rings (SSSR count). The molecule has 0 radical (unpaired) electrons. The van der Waals surface area contributed by atoms with Crippen molar-refractivity contribution < 1.29 is 28.6 Å². The van der Waals surface area contributed by atoms with Crippen molar-refractivity contribution in [3.63, 3.8) is 0 Å². The Morgan fingerprint density at radius 3 is 0.910 bits per heavy atom. The van der Waals surface area contributed by atoms with E-state index in [0.29, 0.717) is 19.3 Å². The first-order chi connectivity index (χ1) is 33.0. The predicted molar refractivity (Wildman–Crippen MR) is 289 cm³/mol. The average Bonchev–Trinajstić information content (AvgIpc) is 3.33. The van der Waals surface area contributed by atoms with Crippen molar-refractivity contribution >= 4 is 17.9 Å². The largest absolute Gasteiger partial charge is 0.462 e. The summed E-state index contributed by atoms with van der Waals surface area (Å²) in [4.78, 5) is 38.1. The second-order valence-corrected chi connectivity index (χ2v) is 19.9. The Bertz CT molecular complexity index is 1130. The molecule has 0 aromatic heterocycles. The van der Waals surface area contributed by atoms with Gasteiger partial charge in [0, 0.05) is 19.3 Å². The summed E-state index contributed by atoms with van der Waals surface area (Å²) in [6.07, 6.45) is 67.2. The summed E-state index contributed by atoms with van der Waals surface area (Å²) >= 11 is 0. The molecule has 0 aliphatic carbocycles. The SMILES string of the molecule is CC/C=C\C/C=C\C/C=C\CCCCCCCC(=O)OC(COC(=O)CCCCCCCCCCCCC)COC(=O)CCCCCCCCCCCCCCCCCCCCCCCCC. The van der Waals surface area contributed by atoms with Crippen LogP contribution in [-0.2, 0) is 28.6 Å². The van der Waals surface area contributed by atoms with Crippen molar-refractivity contribution in [3.05, 3.63) is 36.5 Å². The van der Waals surface area contributed by atoms with Gasteiger partial charge in [0.25, 0.3) is 0 Å². The molecule has 0 bridgehead atoms. The monoisotopic (exact) mass is 941 g/mol. The third-order valence-corrected chi connectivity index (χ3v) is 13.2. The van der Waals surface area contributed by atoms with E-state index < -0.39 is 6.10 Å². The van der Waals surface area contributed by atoms with Gasteiger partial charge >= 0.3 is 17.9 Å². The lowest BCUT2D eigenvalue weighted by Crippen LogP contribution is -2.30. The van der Waals surface area contributed by atoms with E-state index >= 15 is 0 Å². The topological polar surface area (TPSA) is 78.9 Å². The molecule has 0 aliphatic heterocycles. The highest BCUT2D eigenvalue weighted by atomic mass is 16.6. The van der Waals surface area contributed by atoms with E-state index in [4.69, 9.17) is 14.2 Å². The van der Waals surface area contributed by atoms with Gasteiger partial charge in [0.05, 0.1) is 0 Å². The number of ether oxygens (including phenoxy) is 3. The zero-order valence-electron chi connectivity index (χ0n) is 44.9. The Morgan fingerprint density at radius 1 is 0.313 bits per heavy atom. The summed E-state index contributed by atoms with van der Waals surface area (Å²) in [5.74, 6) is -0.874. The molecule has 67 heavy (non-hydrogen) atoms. The molecule has 0 fully saturated rings. The van der Waals surface area contributed by atoms with Crippen molar-refractivity contribution in [3.8, 4) is 0 Å². The second-order valence-electron chi connectivity index (χ2n) is 19.9. The second kappa shape index (κ2) is 56.2. The molecular weight excluding hydrogens is 829 g/mol. The van der Waals surface area contributed by atoms with Gasteiger partial charge < -0.3 is 14.2 Å². The summed E-state index contributed by atoms with van der Waals surface area (Å²) in [7, 11) is 0. The van der Waals surface area contributed by atoms with Crippen molar-refractivity contribution in [2.75, 3.05) is 13.2 Å². The van der Waals surface area contributed by atoms with Crippen molar-refractivity contribution in [1.29, 1.82) is 0 Å². The van der Waals surface area contributed by atoms with Crippen LogP contribution >= 0.6 is 0 Å². The average molecular weight is 942 g/mol. The first-order valence-electron chi connectivity index (χ1n) is 29.5. The fourth-order valence-corrected chi connectivity index (χ4v) is 8.75. The van der Waals surface area contributed by atoms with Gasteiger partial charge in [0.15, 0.2) is 6.10 Å². The number of carbonyl (C=O) groups is 3. The molecule has 0 aromatic rings. The highest BCUT2D eigenvalue weighted by molar-refractivity contribution is 5.71. The van der Waals surface area contributed by atoms with E-state index in [1.54, 1.807) is 0 Å². The normalized spacial score (nSPS) is 12.2. The maximum absolute atomic E-state index is 12.8.